The molecule has 4 nitrogen and oxygen atoms in total. The van der Waals surface area contributed by atoms with Crippen molar-refractivity contribution in [2.75, 3.05) is 7.05 Å². The SMILES string of the molecule is CN(C(=O)Cc1c[nH]c2ccccc12)C(C)(C)C#N. The molecule has 1 amide bonds. The van der Waals surface area contributed by atoms with Crippen LogP contribution in [0.2, 0.25) is 0 Å². The summed E-state index contributed by atoms with van der Waals surface area (Å²) in [6.45, 7) is 3.47. The molecule has 19 heavy (non-hydrogen) atoms. The van der Waals surface area contributed by atoms with Gasteiger partial charge in [0.2, 0.25) is 5.91 Å². The molecular formula is C15H17N3O. The molecule has 0 saturated carbocycles. The third-order valence-electron chi connectivity index (χ3n) is 3.50. The molecule has 0 unspecified atom stereocenters. The molecule has 0 saturated heterocycles. The van der Waals surface area contributed by atoms with Crippen LogP contribution < -0.4 is 0 Å². The van der Waals surface area contributed by atoms with E-state index in [1.807, 2.05) is 30.5 Å². The quantitative estimate of drug-likeness (QED) is 0.915. The highest BCUT2D eigenvalue weighted by molar-refractivity contribution is 5.89. The number of nitriles is 1. The van der Waals surface area contributed by atoms with Gasteiger partial charge in [0.25, 0.3) is 0 Å². The Balaban J connectivity index is 2.23. The van der Waals surface area contributed by atoms with Crippen LogP contribution in [0.5, 0.6) is 0 Å². The Morgan fingerprint density at radius 3 is 2.79 bits per heavy atom. The van der Waals surface area contributed by atoms with Crippen molar-refractivity contribution in [3.8, 4) is 6.07 Å². The minimum Gasteiger partial charge on any atom is -0.361 e. The van der Waals surface area contributed by atoms with E-state index in [1.165, 1.54) is 4.90 Å². The van der Waals surface area contributed by atoms with E-state index in [2.05, 4.69) is 11.1 Å². The summed E-state index contributed by atoms with van der Waals surface area (Å²) in [5, 5.41) is 10.1. The van der Waals surface area contributed by atoms with Gasteiger partial charge >= 0.3 is 0 Å². The second-order valence-electron chi connectivity index (χ2n) is 5.16. The van der Waals surface area contributed by atoms with E-state index in [1.54, 1.807) is 20.9 Å². The van der Waals surface area contributed by atoms with Gasteiger partial charge in [0, 0.05) is 24.1 Å². The topological polar surface area (TPSA) is 59.9 Å². The van der Waals surface area contributed by atoms with Crippen LogP contribution in [0.25, 0.3) is 10.9 Å². The Hall–Kier alpha value is -2.28. The van der Waals surface area contributed by atoms with E-state index in [9.17, 15) is 4.79 Å². The smallest absolute Gasteiger partial charge is 0.228 e. The number of nitrogens with one attached hydrogen (secondary N) is 1. The lowest BCUT2D eigenvalue weighted by Crippen LogP contribution is -2.44. The third-order valence-corrected chi connectivity index (χ3v) is 3.50. The number of benzene rings is 1. The number of likely N-dealkylation sites (N-methyl/N-ethyl adjacent to an activating group) is 1. The molecule has 0 spiro atoms. The Morgan fingerprint density at radius 2 is 2.11 bits per heavy atom. The molecule has 2 rings (SSSR count). The first-order valence-corrected chi connectivity index (χ1v) is 6.18. The molecule has 98 valence electrons. The van der Waals surface area contributed by atoms with Crippen LogP contribution in [0.15, 0.2) is 30.5 Å². The van der Waals surface area contributed by atoms with Crippen LogP contribution in [0, 0.1) is 11.3 Å². The zero-order chi connectivity index (χ0) is 14.0. The lowest BCUT2D eigenvalue weighted by molar-refractivity contribution is -0.132. The monoisotopic (exact) mass is 255 g/mol. The maximum Gasteiger partial charge on any atom is 0.228 e. The molecule has 0 aliphatic heterocycles. The zero-order valence-electron chi connectivity index (χ0n) is 11.4. The van der Waals surface area contributed by atoms with Crippen LogP contribution in [-0.4, -0.2) is 28.4 Å². The van der Waals surface area contributed by atoms with E-state index in [0.29, 0.717) is 6.42 Å². The highest BCUT2D eigenvalue weighted by Gasteiger charge is 2.27. The first kappa shape index (κ1) is 13.2. The molecule has 0 bridgehead atoms. The number of para-hydroxylation sites is 1. The normalized spacial score (nSPS) is 11.3. The Bertz CT molecular complexity index is 649. The van der Waals surface area contributed by atoms with Crippen molar-refractivity contribution in [3.05, 3.63) is 36.0 Å². The molecule has 2 aromatic rings. The average Bonchev–Trinajstić information content (AvgIpc) is 2.81. The summed E-state index contributed by atoms with van der Waals surface area (Å²) >= 11 is 0. The number of aromatic amines is 1. The van der Waals surface area contributed by atoms with Gasteiger partial charge in [-0.25, -0.2) is 0 Å². The second kappa shape index (κ2) is 4.77. The van der Waals surface area contributed by atoms with Crippen molar-refractivity contribution >= 4 is 16.8 Å². The number of aromatic nitrogens is 1. The lowest BCUT2D eigenvalue weighted by atomic mass is 10.0. The molecule has 1 heterocycles. The summed E-state index contributed by atoms with van der Waals surface area (Å²) in [7, 11) is 1.67. The number of hydrogen-bond acceptors (Lipinski definition) is 2. The first-order valence-electron chi connectivity index (χ1n) is 6.18. The number of nitrogens with zero attached hydrogens (tertiary/aromatic N) is 2. The number of carbonyl (C=O) groups is 1. The highest BCUT2D eigenvalue weighted by Crippen LogP contribution is 2.20. The van der Waals surface area contributed by atoms with Crippen molar-refractivity contribution in [2.24, 2.45) is 0 Å². The molecular weight excluding hydrogens is 238 g/mol. The van der Waals surface area contributed by atoms with Gasteiger partial charge in [0.05, 0.1) is 12.5 Å². The molecule has 0 atom stereocenters. The number of H-pyrrole nitrogens is 1. The van der Waals surface area contributed by atoms with Crippen LogP contribution in [0.1, 0.15) is 19.4 Å². The van der Waals surface area contributed by atoms with E-state index in [-0.39, 0.29) is 5.91 Å². The van der Waals surface area contributed by atoms with Crippen LogP contribution in [0.4, 0.5) is 0 Å². The average molecular weight is 255 g/mol. The number of fused-ring (bicyclic) bond motifs is 1. The molecule has 4 heteroatoms. The molecule has 0 aliphatic carbocycles. The van der Waals surface area contributed by atoms with Crippen LogP contribution >= 0.6 is 0 Å². The number of rotatable bonds is 3. The van der Waals surface area contributed by atoms with Crippen LogP contribution in [-0.2, 0) is 11.2 Å². The van der Waals surface area contributed by atoms with Gasteiger partial charge in [0.15, 0.2) is 0 Å². The number of amides is 1. The third kappa shape index (κ3) is 2.45. The Morgan fingerprint density at radius 1 is 1.42 bits per heavy atom. The van der Waals surface area contributed by atoms with Crippen molar-refractivity contribution in [2.45, 2.75) is 25.8 Å². The predicted molar refractivity (Wildman–Crippen MR) is 74.5 cm³/mol. The Labute approximate surface area is 112 Å². The molecule has 1 N–H and O–H groups in total. The summed E-state index contributed by atoms with van der Waals surface area (Å²) < 4.78 is 0. The molecule has 0 fully saturated rings. The first-order chi connectivity index (χ1) is 8.95. The van der Waals surface area contributed by atoms with Crippen molar-refractivity contribution < 1.29 is 4.79 Å². The largest absolute Gasteiger partial charge is 0.361 e. The minimum absolute atomic E-state index is 0.0590. The van der Waals surface area contributed by atoms with Crippen LogP contribution in [0.3, 0.4) is 0 Å². The summed E-state index contributed by atoms with van der Waals surface area (Å²) in [6.07, 6.45) is 2.15. The summed E-state index contributed by atoms with van der Waals surface area (Å²) in [6, 6.07) is 10.0. The Kier molecular flexibility index (Phi) is 3.30. The van der Waals surface area contributed by atoms with Gasteiger partial charge in [-0.15, -0.1) is 0 Å². The maximum atomic E-state index is 12.2. The van der Waals surface area contributed by atoms with E-state index < -0.39 is 5.54 Å². The van der Waals surface area contributed by atoms with E-state index in [4.69, 9.17) is 5.26 Å². The summed E-state index contributed by atoms with van der Waals surface area (Å²) in [4.78, 5) is 16.9. The van der Waals surface area contributed by atoms with E-state index >= 15 is 0 Å². The van der Waals surface area contributed by atoms with Gasteiger partial charge in [-0.1, -0.05) is 18.2 Å². The fourth-order valence-electron chi connectivity index (χ4n) is 1.95. The lowest BCUT2D eigenvalue weighted by Gasteiger charge is -2.29. The number of hydrogen-bond donors (Lipinski definition) is 1. The fourth-order valence-corrected chi connectivity index (χ4v) is 1.95. The summed E-state index contributed by atoms with van der Waals surface area (Å²) in [5.41, 5.74) is 1.19. The van der Waals surface area contributed by atoms with Gasteiger partial charge in [-0.3, -0.25) is 4.79 Å². The minimum atomic E-state index is -0.788. The summed E-state index contributed by atoms with van der Waals surface area (Å²) in [5.74, 6) is -0.0590. The van der Waals surface area contributed by atoms with Crippen molar-refractivity contribution in [1.82, 2.24) is 9.88 Å². The predicted octanol–water partition coefficient (Wildman–Crippen LogP) is 2.47. The van der Waals surface area contributed by atoms with Crippen molar-refractivity contribution in [1.29, 1.82) is 5.26 Å². The van der Waals surface area contributed by atoms with Crippen molar-refractivity contribution in [3.63, 3.8) is 0 Å². The van der Waals surface area contributed by atoms with Gasteiger partial charge in [0.1, 0.15) is 5.54 Å². The van der Waals surface area contributed by atoms with Gasteiger partial charge in [-0.05, 0) is 25.5 Å². The molecule has 1 aromatic heterocycles. The maximum absolute atomic E-state index is 12.2. The van der Waals surface area contributed by atoms with Gasteiger partial charge < -0.3 is 9.88 Å². The molecule has 0 radical (unpaired) electrons. The number of carbonyl (C=O) groups excluding carboxylic acids is 1. The van der Waals surface area contributed by atoms with Gasteiger partial charge in [-0.2, -0.15) is 5.26 Å². The fraction of sp³-hybridized carbons (Fsp3) is 0.333. The molecule has 1 aromatic carbocycles. The standard InChI is InChI=1S/C15H17N3O/c1-15(2,10-16)18(3)14(19)8-11-9-17-13-7-5-4-6-12(11)13/h4-7,9,17H,8H2,1-3H3. The van der Waals surface area contributed by atoms with E-state index in [0.717, 1.165) is 16.5 Å². The highest BCUT2D eigenvalue weighted by atomic mass is 16.2. The second-order valence-corrected chi connectivity index (χ2v) is 5.16. The molecule has 0 aliphatic rings. The zero-order valence-corrected chi connectivity index (χ0v) is 11.4.